The Bertz CT molecular complexity index is 1070. The van der Waals surface area contributed by atoms with Gasteiger partial charge in [0.25, 0.3) is 0 Å². The molecule has 1 heterocycles. The molecule has 2 fully saturated rings. The van der Waals surface area contributed by atoms with Crippen molar-refractivity contribution in [1.29, 1.82) is 0 Å². The van der Waals surface area contributed by atoms with E-state index in [-0.39, 0.29) is 34.7 Å². The molecule has 0 spiro atoms. The Morgan fingerprint density at radius 2 is 1.84 bits per heavy atom. The first-order chi connectivity index (χ1) is 14.9. The lowest BCUT2D eigenvalue weighted by Gasteiger charge is -2.62. The molecule has 5 atom stereocenters. The molecule has 0 aliphatic heterocycles. The molecular formula is C26H34O6. The number of carbonyl (C=O) groups excluding carboxylic acids is 1. The molecule has 2 aromatic rings. The molecule has 174 valence electrons. The maximum absolute atomic E-state index is 11.7. The SMILES string of the molecule is CC(=O)O[C@@H]1CC[C@@]2(C)C(COc3ccc4ccc(=O)oc4c3)[C@](C)(O)CC[C@H]2C1(C)C. The average molecular weight is 443 g/mol. The van der Waals surface area contributed by atoms with E-state index >= 15 is 0 Å². The van der Waals surface area contributed by atoms with Crippen LogP contribution in [0, 0.1) is 22.7 Å². The van der Waals surface area contributed by atoms with Gasteiger partial charge in [0.15, 0.2) is 0 Å². The van der Waals surface area contributed by atoms with Crippen LogP contribution < -0.4 is 10.4 Å². The zero-order chi connectivity index (χ0) is 23.3. The number of esters is 1. The predicted molar refractivity (Wildman–Crippen MR) is 121 cm³/mol. The monoisotopic (exact) mass is 442 g/mol. The molecule has 0 bridgehead atoms. The molecule has 1 aromatic heterocycles. The van der Waals surface area contributed by atoms with Crippen molar-refractivity contribution in [3.05, 3.63) is 40.8 Å². The Morgan fingerprint density at radius 1 is 1.12 bits per heavy atom. The summed E-state index contributed by atoms with van der Waals surface area (Å²) < 4.78 is 17.2. The second-order valence-corrected chi connectivity index (χ2v) is 10.7. The van der Waals surface area contributed by atoms with Crippen LogP contribution in [0.4, 0.5) is 0 Å². The van der Waals surface area contributed by atoms with Gasteiger partial charge in [0.2, 0.25) is 0 Å². The summed E-state index contributed by atoms with van der Waals surface area (Å²) in [5.41, 5.74) is -1.13. The first-order valence-electron chi connectivity index (χ1n) is 11.5. The summed E-state index contributed by atoms with van der Waals surface area (Å²) in [6.45, 7) is 10.4. The van der Waals surface area contributed by atoms with Crippen LogP contribution in [0.5, 0.6) is 5.75 Å². The average Bonchev–Trinajstić information content (AvgIpc) is 2.68. The first kappa shape index (κ1) is 22.8. The quantitative estimate of drug-likeness (QED) is 0.545. The Labute approximate surface area is 188 Å². The third kappa shape index (κ3) is 3.94. The summed E-state index contributed by atoms with van der Waals surface area (Å²) in [6.07, 6.45) is 3.06. The zero-order valence-corrected chi connectivity index (χ0v) is 19.6. The highest BCUT2D eigenvalue weighted by Crippen LogP contribution is 2.62. The standard InChI is InChI=1S/C26H34O6/c1-16(27)31-22-11-12-25(4)20(24(22,2)3)10-13-26(5,29)21(25)15-30-18-8-6-17-7-9-23(28)32-19(17)14-18/h6-9,14,20-22,29H,10-13,15H2,1-5H3/t20-,21?,22+,25+,26+/m0/s1. The molecule has 0 radical (unpaired) electrons. The van der Waals surface area contributed by atoms with Gasteiger partial charge in [0.1, 0.15) is 17.4 Å². The topological polar surface area (TPSA) is 86.0 Å². The van der Waals surface area contributed by atoms with Crippen molar-refractivity contribution in [2.75, 3.05) is 6.61 Å². The molecule has 2 saturated carbocycles. The molecule has 1 unspecified atom stereocenters. The molecule has 1 aromatic carbocycles. The van der Waals surface area contributed by atoms with Gasteiger partial charge in [-0.1, -0.05) is 20.8 Å². The maximum atomic E-state index is 11.7. The second kappa shape index (κ2) is 7.91. The predicted octanol–water partition coefficient (Wildman–Crippen LogP) is 4.71. The molecule has 0 saturated heterocycles. The van der Waals surface area contributed by atoms with E-state index in [1.54, 1.807) is 12.1 Å². The summed E-state index contributed by atoms with van der Waals surface area (Å²) in [5.74, 6) is 0.569. The summed E-state index contributed by atoms with van der Waals surface area (Å²) in [6, 6.07) is 8.59. The minimum atomic E-state index is -0.862. The highest BCUT2D eigenvalue weighted by molar-refractivity contribution is 5.77. The van der Waals surface area contributed by atoms with Crippen LogP contribution in [-0.4, -0.2) is 29.4 Å². The van der Waals surface area contributed by atoms with E-state index in [1.807, 2.05) is 19.1 Å². The Kier molecular flexibility index (Phi) is 5.64. The van der Waals surface area contributed by atoms with E-state index in [2.05, 4.69) is 20.8 Å². The number of carbonyl (C=O) groups is 1. The number of rotatable bonds is 4. The van der Waals surface area contributed by atoms with Crippen molar-refractivity contribution in [2.45, 2.75) is 72.0 Å². The van der Waals surface area contributed by atoms with Gasteiger partial charge in [-0.25, -0.2) is 4.79 Å². The van der Waals surface area contributed by atoms with E-state index in [1.165, 1.54) is 13.0 Å². The smallest absolute Gasteiger partial charge is 0.336 e. The Morgan fingerprint density at radius 3 is 2.56 bits per heavy atom. The zero-order valence-electron chi connectivity index (χ0n) is 19.6. The molecule has 32 heavy (non-hydrogen) atoms. The molecular weight excluding hydrogens is 408 g/mol. The summed E-state index contributed by atoms with van der Waals surface area (Å²) >= 11 is 0. The van der Waals surface area contributed by atoms with Crippen molar-refractivity contribution >= 4 is 16.9 Å². The maximum Gasteiger partial charge on any atom is 0.336 e. The van der Waals surface area contributed by atoms with E-state index in [4.69, 9.17) is 13.9 Å². The summed E-state index contributed by atoms with van der Waals surface area (Å²) in [5, 5.41) is 12.2. The summed E-state index contributed by atoms with van der Waals surface area (Å²) in [7, 11) is 0. The van der Waals surface area contributed by atoms with Crippen molar-refractivity contribution in [3.63, 3.8) is 0 Å². The van der Waals surface area contributed by atoms with Crippen LogP contribution in [0.15, 0.2) is 39.5 Å². The van der Waals surface area contributed by atoms with Crippen LogP contribution in [-0.2, 0) is 9.53 Å². The molecule has 0 amide bonds. The lowest BCUT2D eigenvalue weighted by molar-refractivity contribution is -0.210. The molecule has 6 heteroatoms. The number of hydrogen-bond donors (Lipinski definition) is 1. The molecule has 2 aliphatic rings. The third-order valence-corrected chi connectivity index (χ3v) is 8.27. The molecule has 2 aliphatic carbocycles. The lowest BCUT2D eigenvalue weighted by Crippen LogP contribution is -2.62. The normalized spacial score (nSPS) is 34.0. The Hall–Kier alpha value is -2.34. The van der Waals surface area contributed by atoms with Crippen LogP contribution in [0.2, 0.25) is 0 Å². The van der Waals surface area contributed by atoms with Gasteiger partial charge >= 0.3 is 11.6 Å². The van der Waals surface area contributed by atoms with Gasteiger partial charge in [-0.3, -0.25) is 4.79 Å². The highest BCUT2D eigenvalue weighted by atomic mass is 16.5. The van der Waals surface area contributed by atoms with Crippen molar-refractivity contribution in [3.8, 4) is 5.75 Å². The van der Waals surface area contributed by atoms with Gasteiger partial charge < -0.3 is 19.0 Å². The van der Waals surface area contributed by atoms with E-state index < -0.39 is 11.2 Å². The van der Waals surface area contributed by atoms with Crippen LogP contribution >= 0.6 is 0 Å². The van der Waals surface area contributed by atoms with Crippen LogP contribution in [0.1, 0.15) is 60.3 Å². The van der Waals surface area contributed by atoms with Gasteiger partial charge in [0.05, 0.1) is 12.2 Å². The minimum absolute atomic E-state index is 0.0928. The lowest BCUT2D eigenvalue weighted by atomic mass is 9.45. The van der Waals surface area contributed by atoms with Gasteiger partial charge in [-0.15, -0.1) is 0 Å². The molecule has 6 nitrogen and oxygen atoms in total. The molecule has 1 N–H and O–H groups in total. The van der Waals surface area contributed by atoms with E-state index in [0.717, 1.165) is 24.6 Å². The van der Waals surface area contributed by atoms with Gasteiger partial charge in [-0.05, 0) is 62.1 Å². The van der Waals surface area contributed by atoms with Crippen LogP contribution in [0.25, 0.3) is 11.0 Å². The fourth-order valence-corrected chi connectivity index (χ4v) is 6.59. The number of hydrogen-bond acceptors (Lipinski definition) is 6. The molecule has 4 rings (SSSR count). The van der Waals surface area contributed by atoms with Crippen molar-refractivity contribution in [1.82, 2.24) is 0 Å². The summed E-state index contributed by atoms with van der Waals surface area (Å²) in [4.78, 5) is 23.2. The fourth-order valence-electron chi connectivity index (χ4n) is 6.59. The van der Waals surface area contributed by atoms with Crippen molar-refractivity contribution in [2.24, 2.45) is 22.7 Å². The van der Waals surface area contributed by atoms with E-state index in [9.17, 15) is 14.7 Å². The van der Waals surface area contributed by atoms with Crippen molar-refractivity contribution < 1.29 is 23.8 Å². The van der Waals surface area contributed by atoms with E-state index in [0.29, 0.717) is 24.4 Å². The minimum Gasteiger partial charge on any atom is -0.493 e. The number of fused-ring (bicyclic) bond motifs is 2. The second-order valence-electron chi connectivity index (χ2n) is 10.7. The Balaban J connectivity index is 1.59. The number of aliphatic hydroxyl groups is 1. The largest absolute Gasteiger partial charge is 0.493 e. The first-order valence-corrected chi connectivity index (χ1v) is 11.5. The third-order valence-electron chi connectivity index (χ3n) is 8.27. The van der Waals surface area contributed by atoms with Gasteiger partial charge in [0, 0.05) is 35.8 Å². The number of ether oxygens (including phenoxy) is 2. The number of benzene rings is 1. The fraction of sp³-hybridized carbons (Fsp3) is 0.615. The van der Waals surface area contributed by atoms with Crippen LogP contribution in [0.3, 0.4) is 0 Å². The van der Waals surface area contributed by atoms with Gasteiger partial charge in [-0.2, -0.15) is 0 Å². The highest BCUT2D eigenvalue weighted by Gasteiger charge is 2.61.